The number of nitrogens with one attached hydrogen (secondary N) is 2. The van der Waals surface area contributed by atoms with Crippen molar-refractivity contribution in [3.05, 3.63) is 12.0 Å². The Bertz CT molecular complexity index is 379. The molecule has 94 valence electrons. The van der Waals surface area contributed by atoms with Crippen LogP contribution < -0.4 is 10.6 Å². The molecule has 1 fully saturated rings. The average Bonchev–Trinajstić information content (AvgIpc) is 3.14. The van der Waals surface area contributed by atoms with E-state index in [2.05, 4.69) is 34.4 Å². The van der Waals surface area contributed by atoms with Gasteiger partial charge in [-0.2, -0.15) is 4.98 Å². The van der Waals surface area contributed by atoms with Gasteiger partial charge in [0, 0.05) is 12.6 Å². The number of anilines is 2. The summed E-state index contributed by atoms with van der Waals surface area (Å²) in [5.41, 5.74) is 0. The summed E-state index contributed by atoms with van der Waals surface area (Å²) in [5.74, 6) is 1.06. The summed E-state index contributed by atoms with van der Waals surface area (Å²) >= 11 is 0. The quantitative estimate of drug-likeness (QED) is 0.800. The summed E-state index contributed by atoms with van der Waals surface area (Å²) in [6.45, 7) is 4.92. The summed E-state index contributed by atoms with van der Waals surface area (Å²) in [7, 11) is 0. The van der Waals surface area contributed by atoms with Gasteiger partial charge in [-0.15, -0.1) is 0 Å². The second-order valence-electron chi connectivity index (χ2n) is 4.59. The molecule has 0 radical (unpaired) electrons. The third kappa shape index (κ3) is 3.28. The molecule has 2 rings (SSSR count). The van der Waals surface area contributed by atoms with Crippen molar-refractivity contribution in [2.75, 3.05) is 17.2 Å². The zero-order chi connectivity index (χ0) is 12.3. The molecule has 1 atom stereocenters. The fourth-order valence-corrected chi connectivity index (χ4v) is 1.72. The maximum atomic E-state index is 13.5. The Hall–Kier alpha value is -1.39. The molecule has 0 amide bonds. The van der Waals surface area contributed by atoms with E-state index in [1.807, 2.05) is 0 Å². The minimum atomic E-state index is -0.389. The van der Waals surface area contributed by atoms with Gasteiger partial charge in [0.15, 0.2) is 11.6 Å². The first-order chi connectivity index (χ1) is 8.20. The van der Waals surface area contributed by atoms with Gasteiger partial charge in [-0.25, -0.2) is 9.37 Å². The highest BCUT2D eigenvalue weighted by molar-refractivity contribution is 5.42. The SMILES string of the molecule is CCCNc1ncc(F)c(NC(C)C2CC2)n1. The van der Waals surface area contributed by atoms with Crippen LogP contribution in [0.5, 0.6) is 0 Å². The molecule has 0 saturated heterocycles. The second kappa shape index (κ2) is 5.29. The summed E-state index contributed by atoms with van der Waals surface area (Å²) in [6, 6.07) is 0.276. The molecule has 0 aromatic carbocycles. The van der Waals surface area contributed by atoms with Crippen LogP contribution in [-0.4, -0.2) is 22.6 Å². The molecule has 1 aliphatic rings. The fourth-order valence-electron chi connectivity index (χ4n) is 1.72. The standard InChI is InChI=1S/C12H19FN4/c1-3-6-14-12-15-7-10(13)11(17-12)16-8(2)9-4-5-9/h7-9H,3-6H2,1-2H3,(H2,14,15,16,17). The third-order valence-electron chi connectivity index (χ3n) is 2.97. The first-order valence-electron chi connectivity index (χ1n) is 6.23. The topological polar surface area (TPSA) is 49.8 Å². The number of hydrogen-bond acceptors (Lipinski definition) is 4. The van der Waals surface area contributed by atoms with Gasteiger partial charge in [0.05, 0.1) is 6.20 Å². The minimum absolute atomic E-state index is 0.276. The van der Waals surface area contributed by atoms with Crippen molar-refractivity contribution in [3.8, 4) is 0 Å². The van der Waals surface area contributed by atoms with E-state index in [4.69, 9.17) is 0 Å². The molecule has 2 N–H and O–H groups in total. The van der Waals surface area contributed by atoms with Crippen LogP contribution in [0.4, 0.5) is 16.2 Å². The molecule has 17 heavy (non-hydrogen) atoms. The minimum Gasteiger partial charge on any atom is -0.365 e. The van der Waals surface area contributed by atoms with Crippen molar-refractivity contribution in [2.24, 2.45) is 5.92 Å². The average molecular weight is 238 g/mol. The van der Waals surface area contributed by atoms with Gasteiger partial charge in [-0.3, -0.25) is 0 Å². The Labute approximate surface area is 101 Å². The summed E-state index contributed by atoms with van der Waals surface area (Å²) in [4.78, 5) is 8.06. The van der Waals surface area contributed by atoms with E-state index in [0.717, 1.165) is 13.0 Å². The van der Waals surface area contributed by atoms with E-state index >= 15 is 0 Å². The molecule has 1 unspecified atom stereocenters. The molecule has 4 nitrogen and oxygen atoms in total. The lowest BCUT2D eigenvalue weighted by molar-refractivity contribution is 0.606. The predicted octanol–water partition coefficient (Wildman–Crippen LogP) is 2.65. The van der Waals surface area contributed by atoms with Crippen LogP contribution >= 0.6 is 0 Å². The van der Waals surface area contributed by atoms with Crippen molar-refractivity contribution in [1.29, 1.82) is 0 Å². The van der Waals surface area contributed by atoms with E-state index in [1.54, 1.807) is 0 Å². The summed E-state index contributed by atoms with van der Waals surface area (Å²) in [5, 5.41) is 6.17. The zero-order valence-corrected chi connectivity index (χ0v) is 10.3. The van der Waals surface area contributed by atoms with E-state index in [1.165, 1.54) is 19.0 Å². The first kappa shape index (κ1) is 12.1. The number of hydrogen-bond donors (Lipinski definition) is 2. The normalized spacial score (nSPS) is 16.6. The molecule has 0 spiro atoms. The van der Waals surface area contributed by atoms with Crippen LogP contribution in [0, 0.1) is 11.7 Å². The van der Waals surface area contributed by atoms with Crippen molar-refractivity contribution < 1.29 is 4.39 Å². The van der Waals surface area contributed by atoms with Crippen LogP contribution in [0.2, 0.25) is 0 Å². The van der Waals surface area contributed by atoms with Gasteiger partial charge in [0.25, 0.3) is 0 Å². The van der Waals surface area contributed by atoms with Gasteiger partial charge in [-0.05, 0) is 32.1 Å². The number of aromatic nitrogens is 2. The number of halogens is 1. The second-order valence-corrected chi connectivity index (χ2v) is 4.59. The van der Waals surface area contributed by atoms with Gasteiger partial charge in [-0.1, -0.05) is 6.92 Å². The lowest BCUT2D eigenvalue weighted by Crippen LogP contribution is -2.20. The summed E-state index contributed by atoms with van der Waals surface area (Å²) < 4.78 is 13.5. The van der Waals surface area contributed by atoms with E-state index in [-0.39, 0.29) is 11.9 Å². The van der Waals surface area contributed by atoms with Crippen molar-refractivity contribution in [2.45, 2.75) is 39.2 Å². The van der Waals surface area contributed by atoms with Crippen molar-refractivity contribution >= 4 is 11.8 Å². The largest absolute Gasteiger partial charge is 0.365 e. The van der Waals surface area contributed by atoms with Crippen LogP contribution in [0.3, 0.4) is 0 Å². The van der Waals surface area contributed by atoms with Crippen molar-refractivity contribution in [1.82, 2.24) is 9.97 Å². The van der Waals surface area contributed by atoms with E-state index in [0.29, 0.717) is 17.7 Å². The third-order valence-corrected chi connectivity index (χ3v) is 2.97. The molecule has 5 heteroatoms. The molecule has 1 aromatic heterocycles. The highest BCUT2D eigenvalue weighted by atomic mass is 19.1. The van der Waals surface area contributed by atoms with Gasteiger partial charge < -0.3 is 10.6 Å². The maximum Gasteiger partial charge on any atom is 0.224 e. The van der Waals surface area contributed by atoms with E-state index in [9.17, 15) is 4.39 Å². The van der Waals surface area contributed by atoms with Gasteiger partial charge in [0.2, 0.25) is 5.95 Å². The molecule has 0 bridgehead atoms. The van der Waals surface area contributed by atoms with Crippen LogP contribution in [0.1, 0.15) is 33.1 Å². The number of rotatable bonds is 6. The monoisotopic (exact) mass is 238 g/mol. The van der Waals surface area contributed by atoms with E-state index < -0.39 is 0 Å². The highest BCUT2D eigenvalue weighted by Gasteiger charge is 2.28. The number of nitrogens with zero attached hydrogens (tertiary/aromatic N) is 2. The van der Waals surface area contributed by atoms with Gasteiger partial charge >= 0.3 is 0 Å². The lowest BCUT2D eigenvalue weighted by Gasteiger charge is -2.14. The fraction of sp³-hybridized carbons (Fsp3) is 0.667. The molecular formula is C12H19FN4. The van der Waals surface area contributed by atoms with Crippen LogP contribution in [0.15, 0.2) is 6.20 Å². The van der Waals surface area contributed by atoms with Crippen LogP contribution in [-0.2, 0) is 0 Å². The van der Waals surface area contributed by atoms with Crippen LogP contribution in [0.25, 0.3) is 0 Å². The predicted molar refractivity (Wildman–Crippen MR) is 66.6 cm³/mol. The zero-order valence-electron chi connectivity index (χ0n) is 10.3. The van der Waals surface area contributed by atoms with Gasteiger partial charge in [0.1, 0.15) is 0 Å². The smallest absolute Gasteiger partial charge is 0.224 e. The highest BCUT2D eigenvalue weighted by Crippen LogP contribution is 2.34. The Morgan fingerprint density at radius 1 is 1.53 bits per heavy atom. The Kier molecular flexibility index (Phi) is 3.76. The Balaban J connectivity index is 2.02. The Morgan fingerprint density at radius 3 is 2.94 bits per heavy atom. The first-order valence-corrected chi connectivity index (χ1v) is 6.23. The molecular weight excluding hydrogens is 219 g/mol. The Morgan fingerprint density at radius 2 is 2.29 bits per heavy atom. The molecule has 1 heterocycles. The molecule has 0 aliphatic heterocycles. The summed E-state index contributed by atoms with van der Waals surface area (Å²) in [6.07, 6.45) is 4.65. The molecule has 1 aliphatic carbocycles. The maximum absolute atomic E-state index is 13.5. The molecule has 1 saturated carbocycles. The van der Waals surface area contributed by atoms with Crippen molar-refractivity contribution in [3.63, 3.8) is 0 Å². The lowest BCUT2D eigenvalue weighted by atomic mass is 10.2. The molecule has 1 aromatic rings.